The third-order valence-corrected chi connectivity index (χ3v) is 5.68. The first-order chi connectivity index (χ1) is 15.9. The normalized spacial score (nSPS) is 13.2. The summed E-state index contributed by atoms with van der Waals surface area (Å²) in [7, 11) is 0. The molecule has 33 heavy (non-hydrogen) atoms. The van der Waals surface area contributed by atoms with Crippen LogP contribution in [0.3, 0.4) is 0 Å². The minimum atomic E-state index is -1.28. The quantitative estimate of drug-likeness (QED) is 0.406. The van der Waals surface area contributed by atoms with Gasteiger partial charge < -0.3 is 9.52 Å². The fraction of sp³-hybridized carbons (Fsp3) is 0.115. The van der Waals surface area contributed by atoms with Gasteiger partial charge in [0.15, 0.2) is 0 Å². The average Bonchev–Trinajstić information content (AvgIpc) is 3.29. The first kappa shape index (κ1) is 20.8. The van der Waals surface area contributed by atoms with E-state index in [-0.39, 0.29) is 5.82 Å². The van der Waals surface area contributed by atoms with Gasteiger partial charge in [-0.2, -0.15) is 0 Å². The largest absolute Gasteiger partial charge is 0.423 e. The Morgan fingerprint density at radius 3 is 2.55 bits per heavy atom. The molecule has 5 rings (SSSR count). The molecule has 0 aliphatic heterocycles. The Labute approximate surface area is 188 Å². The van der Waals surface area contributed by atoms with Crippen molar-refractivity contribution in [2.45, 2.75) is 19.1 Å². The number of halogens is 1. The molecule has 0 aliphatic carbocycles. The number of rotatable bonds is 5. The van der Waals surface area contributed by atoms with Crippen LogP contribution in [0.5, 0.6) is 0 Å². The van der Waals surface area contributed by atoms with Crippen molar-refractivity contribution in [1.29, 1.82) is 0 Å². The SMILES string of the molecule is CC(O)(c1ccccc1)c1cn(Cc2ccc3c(-c4ccc(F)cc4)cc(=O)oc3c2)nn1. The molecule has 0 saturated carbocycles. The highest BCUT2D eigenvalue weighted by molar-refractivity contribution is 5.93. The lowest BCUT2D eigenvalue weighted by Gasteiger charge is -2.20. The molecule has 1 N–H and O–H groups in total. The van der Waals surface area contributed by atoms with E-state index in [2.05, 4.69) is 10.3 Å². The number of hydrogen-bond acceptors (Lipinski definition) is 5. The zero-order valence-corrected chi connectivity index (χ0v) is 17.8. The summed E-state index contributed by atoms with van der Waals surface area (Å²) in [5.74, 6) is -0.341. The monoisotopic (exact) mass is 441 g/mol. The van der Waals surface area contributed by atoms with Crippen LogP contribution in [-0.4, -0.2) is 20.1 Å². The predicted octanol–water partition coefficient (Wildman–Crippen LogP) is 4.49. The maximum absolute atomic E-state index is 13.3. The third kappa shape index (κ3) is 4.06. The van der Waals surface area contributed by atoms with Crippen molar-refractivity contribution in [2.75, 3.05) is 0 Å². The second-order valence-electron chi connectivity index (χ2n) is 8.06. The number of hydrogen-bond donors (Lipinski definition) is 1. The van der Waals surface area contributed by atoms with Crippen LogP contribution in [0.15, 0.2) is 94.3 Å². The standard InChI is InChI=1S/C26H20FN3O3/c1-26(32,19-5-3-2-4-6-19)24-16-30(29-28-24)15-17-7-12-21-22(14-25(31)33-23(21)13-17)18-8-10-20(27)11-9-18/h2-14,16,32H,15H2,1H3. The second kappa shape index (κ2) is 8.11. The topological polar surface area (TPSA) is 81.2 Å². The third-order valence-electron chi connectivity index (χ3n) is 5.68. The number of nitrogens with zero attached hydrogens (tertiary/aromatic N) is 3. The average molecular weight is 441 g/mol. The molecule has 0 radical (unpaired) electrons. The Hall–Kier alpha value is -4.10. The Morgan fingerprint density at radius 2 is 1.79 bits per heavy atom. The molecule has 0 fully saturated rings. The van der Waals surface area contributed by atoms with Gasteiger partial charge in [0.25, 0.3) is 0 Å². The van der Waals surface area contributed by atoms with Gasteiger partial charge in [0.2, 0.25) is 0 Å². The van der Waals surface area contributed by atoms with Crippen molar-refractivity contribution in [2.24, 2.45) is 0 Å². The first-order valence-electron chi connectivity index (χ1n) is 10.4. The van der Waals surface area contributed by atoms with Crippen LogP contribution in [0.1, 0.15) is 23.7 Å². The van der Waals surface area contributed by atoms with Crippen molar-refractivity contribution < 1.29 is 13.9 Å². The zero-order chi connectivity index (χ0) is 23.0. The molecule has 1 unspecified atom stereocenters. The van der Waals surface area contributed by atoms with E-state index in [4.69, 9.17) is 4.42 Å². The second-order valence-corrected chi connectivity index (χ2v) is 8.06. The Kier molecular flexibility index (Phi) is 5.11. The Bertz CT molecular complexity index is 1490. The molecule has 3 aromatic carbocycles. The van der Waals surface area contributed by atoms with E-state index in [0.717, 1.165) is 22.1 Å². The predicted molar refractivity (Wildman–Crippen MR) is 122 cm³/mol. The van der Waals surface area contributed by atoms with Gasteiger partial charge in [-0.15, -0.1) is 5.10 Å². The maximum atomic E-state index is 13.3. The zero-order valence-electron chi connectivity index (χ0n) is 17.8. The number of fused-ring (bicyclic) bond motifs is 1. The van der Waals surface area contributed by atoms with Gasteiger partial charge in [-0.25, -0.2) is 13.9 Å². The summed E-state index contributed by atoms with van der Waals surface area (Å²) < 4.78 is 20.4. The van der Waals surface area contributed by atoms with Crippen LogP contribution in [-0.2, 0) is 12.1 Å². The van der Waals surface area contributed by atoms with Crippen molar-refractivity contribution in [3.05, 3.63) is 118 Å². The van der Waals surface area contributed by atoms with E-state index in [0.29, 0.717) is 23.4 Å². The summed E-state index contributed by atoms with van der Waals surface area (Å²) in [5.41, 5.74) is 2.06. The van der Waals surface area contributed by atoms with Crippen LogP contribution in [0.25, 0.3) is 22.1 Å². The molecule has 164 valence electrons. The van der Waals surface area contributed by atoms with Gasteiger partial charge in [0, 0.05) is 11.5 Å². The molecule has 2 heterocycles. The summed E-state index contributed by atoms with van der Waals surface area (Å²) in [4.78, 5) is 12.2. The summed E-state index contributed by atoms with van der Waals surface area (Å²) in [6.45, 7) is 2.05. The molecule has 7 heteroatoms. The van der Waals surface area contributed by atoms with E-state index in [1.807, 2.05) is 42.5 Å². The molecule has 0 spiro atoms. The van der Waals surface area contributed by atoms with Crippen LogP contribution in [0.2, 0.25) is 0 Å². The smallest absolute Gasteiger partial charge is 0.336 e. The van der Waals surface area contributed by atoms with Crippen LogP contribution in [0.4, 0.5) is 4.39 Å². The van der Waals surface area contributed by atoms with Gasteiger partial charge >= 0.3 is 5.63 Å². The molecular weight excluding hydrogens is 421 g/mol. The fourth-order valence-corrected chi connectivity index (χ4v) is 3.87. The van der Waals surface area contributed by atoms with Crippen molar-refractivity contribution >= 4 is 11.0 Å². The van der Waals surface area contributed by atoms with Crippen LogP contribution < -0.4 is 5.63 Å². The minimum Gasteiger partial charge on any atom is -0.423 e. The molecule has 0 aliphatic rings. The summed E-state index contributed by atoms with van der Waals surface area (Å²) in [6.07, 6.45) is 1.70. The van der Waals surface area contributed by atoms with E-state index in [1.165, 1.54) is 18.2 Å². The van der Waals surface area contributed by atoms with Gasteiger partial charge in [0.1, 0.15) is 22.7 Å². The lowest BCUT2D eigenvalue weighted by atomic mass is 9.93. The highest BCUT2D eigenvalue weighted by atomic mass is 19.1. The summed E-state index contributed by atoms with van der Waals surface area (Å²) in [5, 5.41) is 20.0. The Morgan fingerprint density at radius 1 is 1.03 bits per heavy atom. The van der Waals surface area contributed by atoms with Gasteiger partial charge in [-0.05, 0) is 47.4 Å². The van der Waals surface area contributed by atoms with E-state index < -0.39 is 11.2 Å². The van der Waals surface area contributed by atoms with Gasteiger partial charge in [-0.1, -0.05) is 59.8 Å². The highest BCUT2D eigenvalue weighted by Crippen LogP contribution is 2.29. The van der Waals surface area contributed by atoms with E-state index in [9.17, 15) is 14.3 Å². The molecule has 0 bridgehead atoms. The summed E-state index contributed by atoms with van der Waals surface area (Å²) in [6, 6.07) is 22.2. The fourth-order valence-electron chi connectivity index (χ4n) is 3.87. The molecule has 1 atom stereocenters. The number of benzene rings is 3. The first-order valence-corrected chi connectivity index (χ1v) is 10.4. The van der Waals surface area contributed by atoms with E-state index >= 15 is 0 Å². The molecule has 0 saturated heterocycles. The lowest BCUT2D eigenvalue weighted by molar-refractivity contribution is 0.0972. The van der Waals surface area contributed by atoms with Gasteiger partial charge in [-0.3, -0.25) is 0 Å². The van der Waals surface area contributed by atoms with E-state index in [1.54, 1.807) is 36.0 Å². The Balaban J connectivity index is 1.46. The van der Waals surface area contributed by atoms with Crippen molar-refractivity contribution in [1.82, 2.24) is 15.0 Å². The highest BCUT2D eigenvalue weighted by Gasteiger charge is 2.28. The van der Waals surface area contributed by atoms with Crippen LogP contribution in [0, 0.1) is 5.82 Å². The minimum absolute atomic E-state index is 0.341. The van der Waals surface area contributed by atoms with Crippen molar-refractivity contribution in [3.8, 4) is 11.1 Å². The number of aromatic nitrogens is 3. The van der Waals surface area contributed by atoms with Crippen LogP contribution >= 0.6 is 0 Å². The number of aliphatic hydroxyl groups is 1. The summed E-state index contributed by atoms with van der Waals surface area (Å²) >= 11 is 0. The molecule has 6 nitrogen and oxygen atoms in total. The van der Waals surface area contributed by atoms with Gasteiger partial charge in [0.05, 0.1) is 12.7 Å². The molecule has 2 aromatic heterocycles. The maximum Gasteiger partial charge on any atom is 0.336 e. The lowest BCUT2D eigenvalue weighted by Crippen LogP contribution is -2.23. The molecule has 0 amide bonds. The molecular formula is C26H20FN3O3. The van der Waals surface area contributed by atoms with Crippen molar-refractivity contribution in [3.63, 3.8) is 0 Å². The molecule has 5 aromatic rings.